The molecule has 0 atom stereocenters. The highest BCUT2D eigenvalue weighted by molar-refractivity contribution is 5.76. The van der Waals surface area contributed by atoms with Gasteiger partial charge in [-0.25, -0.2) is 0 Å². The Labute approximate surface area is 141 Å². The van der Waals surface area contributed by atoms with Gasteiger partial charge in [-0.1, -0.05) is 5.16 Å². The van der Waals surface area contributed by atoms with Crippen molar-refractivity contribution in [3.8, 4) is 17.1 Å². The van der Waals surface area contributed by atoms with Crippen molar-refractivity contribution in [1.82, 2.24) is 15.0 Å². The number of ether oxygens (including phenoxy) is 1. The number of aryl methyl sites for hydroxylation is 1. The lowest BCUT2D eigenvalue weighted by molar-refractivity contribution is -0.132. The van der Waals surface area contributed by atoms with Crippen molar-refractivity contribution >= 4 is 5.91 Å². The van der Waals surface area contributed by atoms with Crippen LogP contribution in [-0.4, -0.2) is 40.6 Å². The Morgan fingerprint density at radius 2 is 1.96 bits per heavy atom. The lowest BCUT2D eigenvalue weighted by Crippen LogP contribution is -2.35. The molecule has 3 rings (SSSR count). The molecular weight excluding hydrogens is 306 g/mol. The molecule has 0 radical (unpaired) electrons. The summed E-state index contributed by atoms with van der Waals surface area (Å²) >= 11 is 0. The second-order valence-electron chi connectivity index (χ2n) is 5.91. The quantitative estimate of drug-likeness (QED) is 0.814. The summed E-state index contributed by atoms with van der Waals surface area (Å²) in [4.78, 5) is 18.5. The third-order valence-corrected chi connectivity index (χ3v) is 4.15. The van der Waals surface area contributed by atoms with Gasteiger partial charge < -0.3 is 14.2 Å². The van der Waals surface area contributed by atoms with E-state index in [2.05, 4.69) is 10.1 Å². The number of rotatable bonds is 6. The molecule has 1 aromatic carbocycles. The van der Waals surface area contributed by atoms with Crippen LogP contribution in [0, 0.1) is 0 Å². The van der Waals surface area contributed by atoms with E-state index in [1.54, 1.807) is 0 Å². The summed E-state index contributed by atoms with van der Waals surface area (Å²) in [5.74, 6) is 2.04. The van der Waals surface area contributed by atoms with Crippen molar-refractivity contribution in [3.63, 3.8) is 0 Å². The summed E-state index contributed by atoms with van der Waals surface area (Å²) in [6.45, 7) is 4.33. The third-order valence-electron chi connectivity index (χ3n) is 4.15. The van der Waals surface area contributed by atoms with Crippen LogP contribution >= 0.6 is 0 Å². The molecule has 6 nitrogen and oxygen atoms in total. The second kappa shape index (κ2) is 7.95. The molecule has 1 amide bonds. The number of aromatic nitrogens is 2. The fraction of sp³-hybridized carbons (Fsp3) is 0.500. The number of hydrogen-bond acceptors (Lipinski definition) is 5. The maximum absolute atomic E-state index is 12.2. The first kappa shape index (κ1) is 16.5. The maximum atomic E-state index is 12.2. The molecule has 1 saturated heterocycles. The van der Waals surface area contributed by atoms with Gasteiger partial charge in [-0.15, -0.1) is 0 Å². The molecule has 0 saturated carbocycles. The average Bonchev–Trinajstić information content (AvgIpc) is 3.10. The van der Waals surface area contributed by atoms with Crippen molar-refractivity contribution in [2.24, 2.45) is 0 Å². The highest BCUT2D eigenvalue weighted by Gasteiger charge is 2.17. The molecule has 0 N–H and O–H groups in total. The van der Waals surface area contributed by atoms with E-state index in [9.17, 15) is 4.79 Å². The fourth-order valence-corrected chi connectivity index (χ4v) is 2.86. The molecule has 0 aliphatic carbocycles. The topological polar surface area (TPSA) is 68.5 Å². The molecule has 1 aromatic heterocycles. The Balaban J connectivity index is 1.56. The van der Waals surface area contributed by atoms with Gasteiger partial charge in [0.25, 0.3) is 0 Å². The molecule has 24 heavy (non-hydrogen) atoms. The van der Waals surface area contributed by atoms with Gasteiger partial charge in [-0.2, -0.15) is 4.98 Å². The maximum Gasteiger partial charge on any atom is 0.227 e. The van der Waals surface area contributed by atoms with Crippen LogP contribution in [0.3, 0.4) is 0 Å². The second-order valence-corrected chi connectivity index (χ2v) is 5.91. The number of benzene rings is 1. The van der Waals surface area contributed by atoms with Crippen LogP contribution in [0.15, 0.2) is 28.8 Å². The molecule has 0 bridgehead atoms. The molecule has 0 unspecified atom stereocenters. The van der Waals surface area contributed by atoms with E-state index in [4.69, 9.17) is 9.26 Å². The number of nitrogens with zero attached hydrogens (tertiary/aromatic N) is 3. The minimum atomic E-state index is 0.176. The smallest absolute Gasteiger partial charge is 0.227 e. The van der Waals surface area contributed by atoms with E-state index in [0.717, 1.165) is 37.2 Å². The molecule has 2 heterocycles. The molecule has 128 valence electrons. The van der Waals surface area contributed by atoms with Gasteiger partial charge in [0, 0.05) is 31.5 Å². The number of piperidine rings is 1. The van der Waals surface area contributed by atoms with Crippen molar-refractivity contribution in [1.29, 1.82) is 0 Å². The monoisotopic (exact) mass is 329 g/mol. The van der Waals surface area contributed by atoms with Crippen molar-refractivity contribution in [2.75, 3.05) is 19.7 Å². The van der Waals surface area contributed by atoms with Gasteiger partial charge in [-0.3, -0.25) is 4.79 Å². The van der Waals surface area contributed by atoms with E-state index >= 15 is 0 Å². The molecule has 1 aliphatic heterocycles. The normalized spacial score (nSPS) is 14.6. The minimum Gasteiger partial charge on any atom is -0.494 e. The zero-order chi connectivity index (χ0) is 16.8. The summed E-state index contributed by atoms with van der Waals surface area (Å²) in [6, 6.07) is 7.57. The van der Waals surface area contributed by atoms with Gasteiger partial charge >= 0.3 is 0 Å². The first-order valence-corrected chi connectivity index (χ1v) is 8.60. The Morgan fingerprint density at radius 1 is 1.21 bits per heavy atom. The predicted octanol–water partition coefficient (Wildman–Crippen LogP) is 3.08. The molecule has 1 fully saturated rings. The van der Waals surface area contributed by atoms with Crippen molar-refractivity contribution in [2.45, 2.75) is 39.0 Å². The molecule has 0 spiro atoms. The largest absolute Gasteiger partial charge is 0.494 e. The van der Waals surface area contributed by atoms with Crippen LogP contribution in [-0.2, 0) is 11.2 Å². The van der Waals surface area contributed by atoms with Crippen LogP contribution in [0.25, 0.3) is 11.4 Å². The molecule has 2 aromatic rings. The van der Waals surface area contributed by atoms with E-state index < -0.39 is 0 Å². The third kappa shape index (κ3) is 4.13. The predicted molar refractivity (Wildman–Crippen MR) is 89.7 cm³/mol. The average molecular weight is 329 g/mol. The standard InChI is InChI=1S/C18H23N3O3/c1-2-23-15-8-6-14(7-9-15)18-19-16(24-20-18)10-11-17(22)21-12-4-3-5-13-21/h6-9H,2-5,10-13H2,1H3. The zero-order valence-electron chi connectivity index (χ0n) is 14.0. The van der Waals surface area contributed by atoms with Gasteiger partial charge in [-0.05, 0) is 50.5 Å². The highest BCUT2D eigenvalue weighted by atomic mass is 16.5. The van der Waals surface area contributed by atoms with E-state index in [1.165, 1.54) is 6.42 Å². The highest BCUT2D eigenvalue weighted by Crippen LogP contribution is 2.20. The number of likely N-dealkylation sites (tertiary alicyclic amines) is 1. The zero-order valence-corrected chi connectivity index (χ0v) is 14.0. The first-order valence-electron chi connectivity index (χ1n) is 8.60. The first-order chi connectivity index (χ1) is 11.8. The van der Waals surface area contributed by atoms with Crippen LogP contribution < -0.4 is 4.74 Å². The SMILES string of the molecule is CCOc1ccc(-c2noc(CCC(=O)N3CCCCC3)n2)cc1. The van der Waals surface area contributed by atoms with Gasteiger partial charge in [0.2, 0.25) is 17.6 Å². The number of amides is 1. The van der Waals surface area contributed by atoms with Gasteiger partial charge in [0.05, 0.1) is 6.61 Å². The van der Waals surface area contributed by atoms with E-state index in [-0.39, 0.29) is 5.91 Å². The van der Waals surface area contributed by atoms with Gasteiger partial charge in [0.15, 0.2) is 0 Å². The Hall–Kier alpha value is -2.37. The summed E-state index contributed by atoms with van der Waals surface area (Å²) < 4.78 is 10.7. The Morgan fingerprint density at radius 3 is 2.67 bits per heavy atom. The number of carbonyl (C=O) groups excluding carboxylic acids is 1. The van der Waals surface area contributed by atoms with Crippen LogP contribution in [0.4, 0.5) is 0 Å². The number of carbonyl (C=O) groups is 1. The molecule has 1 aliphatic rings. The Bertz CT molecular complexity index is 660. The van der Waals surface area contributed by atoms with E-state index in [0.29, 0.717) is 31.2 Å². The van der Waals surface area contributed by atoms with Crippen molar-refractivity contribution < 1.29 is 14.1 Å². The van der Waals surface area contributed by atoms with Gasteiger partial charge in [0.1, 0.15) is 5.75 Å². The molecular formula is C18H23N3O3. The summed E-state index contributed by atoms with van der Waals surface area (Å²) in [5.41, 5.74) is 0.871. The molecule has 6 heteroatoms. The summed E-state index contributed by atoms with van der Waals surface area (Å²) in [7, 11) is 0. The van der Waals surface area contributed by atoms with Crippen molar-refractivity contribution in [3.05, 3.63) is 30.2 Å². The Kier molecular flexibility index (Phi) is 5.46. The summed E-state index contributed by atoms with van der Waals surface area (Å²) in [5, 5.41) is 4.00. The summed E-state index contributed by atoms with van der Waals surface area (Å²) in [6.07, 6.45) is 4.34. The number of hydrogen-bond donors (Lipinski definition) is 0. The van der Waals surface area contributed by atoms with Crippen LogP contribution in [0.5, 0.6) is 5.75 Å². The van der Waals surface area contributed by atoms with Crippen LogP contribution in [0.2, 0.25) is 0 Å². The lowest BCUT2D eigenvalue weighted by Gasteiger charge is -2.26. The van der Waals surface area contributed by atoms with E-state index in [1.807, 2.05) is 36.1 Å². The lowest BCUT2D eigenvalue weighted by atomic mass is 10.1. The minimum absolute atomic E-state index is 0.176. The van der Waals surface area contributed by atoms with Crippen LogP contribution in [0.1, 0.15) is 38.5 Å². The fourth-order valence-electron chi connectivity index (χ4n) is 2.86.